The standard InChI is InChI=1S/C19H18N2O2S/c22-18-12-24-17-9-6-14(10-16(17)20-18)19(23)21(15-7-8-15)11-13-4-2-1-3-5-13/h1-6,9-10,15H,7-8,11-12H2,(H,20,22). The minimum absolute atomic E-state index is 0.0135. The van der Waals surface area contributed by atoms with Crippen molar-refractivity contribution in [3.63, 3.8) is 0 Å². The Bertz CT molecular complexity index is 787. The molecule has 1 aliphatic carbocycles. The lowest BCUT2D eigenvalue weighted by Crippen LogP contribution is -2.32. The third-order valence-electron chi connectivity index (χ3n) is 4.30. The quantitative estimate of drug-likeness (QED) is 0.928. The van der Waals surface area contributed by atoms with Crippen LogP contribution in [0.4, 0.5) is 5.69 Å². The number of nitrogens with one attached hydrogen (secondary N) is 1. The summed E-state index contributed by atoms with van der Waals surface area (Å²) in [7, 11) is 0. The van der Waals surface area contributed by atoms with Gasteiger partial charge in [-0.1, -0.05) is 30.3 Å². The number of fused-ring (bicyclic) bond motifs is 1. The van der Waals surface area contributed by atoms with Crippen molar-refractivity contribution in [2.45, 2.75) is 30.3 Å². The number of rotatable bonds is 4. The van der Waals surface area contributed by atoms with Gasteiger partial charge in [0.1, 0.15) is 0 Å². The van der Waals surface area contributed by atoms with Gasteiger partial charge in [0.05, 0.1) is 11.4 Å². The fourth-order valence-electron chi connectivity index (χ4n) is 2.92. The molecule has 0 spiro atoms. The summed E-state index contributed by atoms with van der Waals surface area (Å²) in [6.45, 7) is 0.628. The summed E-state index contributed by atoms with van der Waals surface area (Å²) < 4.78 is 0. The van der Waals surface area contributed by atoms with Crippen LogP contribution in [0.5, 0.6) is 0 Å². The number of carbonyl (C=O) groups is 2. The van der Waals surface area contributed by atoms with Crippen LogP contribution in [-0.4, -0.2) is 28.5 Å². The first-order valence-corrected chi connectivity index (χ1v) is 9.11. The van der Waals surface area contributed by atoms with Crippen molar-refractivity contribution in [3.8, 4) is 0 Å². The Morgan fingerprint density at radius 1 is 1.17 bits per heavy atom. The van der Waals surface area contributed by atoms with E-state index in [2.05, 4.69) is 5.32 Å². The lowest BCUT2D eigenvalue weighted by Gasteiger charge is -2.24. The van der Waals surface area contributed by atoms with Crippen molar-refractivity contribution in [3.05, 3.63) is 59.7 Å². The molecule has 1 aliphatic heterocycles. The molecule has 1 N–H and O–H groups in total. The number of benzene rings is 2. The second-order valence-corrected chi connectivity index (χ2v) is 7.21. The molecule has 0 bridgehead atoms. The summed E-state index contributed by atoms with van der Waals surface area (Å²) in [4.78, 5) is 27.6. The SMILES string of the molecule is O=C1CSc2ccc(C(=O)N(Cc3ccccc3)C3CC3)cc2N1. The Morgan fingerprint density at radius 3 is 2.71 bits per heavy atom. The first-order valence-electron chi connectivity index (χ1n) is 8.12. The monoisotopic (exact) mass is 338 g/mol. The number of carbonyl (C=O) groups excluding carboxylic acids is 2. The summed E-state index contributed by atoms with van der Waals surface area (Å²) >= 11 is 1.51. The van der Waals surface area contributed by atoms with Crippen molar-refractivity contribution < 1.29 is 9.59 Å². The van der Waals surface area contributed by atoms with E-state index in [1.165, 1.54) is 11.8 Å². The zero-order valence-corrected chi connectivity index (χ0v) is 14.0. The normalized spacial score (nSPS) is 16.2. The summed E-state index contributed by atoms with van der Waals surface area (Å²) in [5.74, 6) is 0.456. The molecule has 2 amide bonds. The van der Waals surface area contributed by atoms with Gasteiger partial charge in [0, 0.05) is 23.0 Å². The number of nitrogens with zero attached hydrogens (tertiary/aromatic N) is 1. The molecule has 2 aromatic carbocycles. The maximum Gasteiger partial charge on any atom is 0.254 e. The summed E-state index contributed by atoms with van der Waals surface area (Å²) in [6.07, 6.45) is 2.13. The zero-order valence-electron chi connectivity index (χ0n) is 13.2. The van der Waals surface area contributed by atoms with E-state index < -0.39 is 0 Å². The van der Waals surface area contributed by atoms with Crippen molar-refractivity contribution >= 4 is 29.3 Å². The molecule has 1 fully saturated rings. The number of hydrogen-bond acceptors (Lipinski definition) is 3. The van der Waals surface area contributed by atoms with E-state index in [1.54, 1.807) is 0 Å². The highest BCUT2D eigenvalue weighted by Gasteiger charge is 2.33. The van der Waals surface area contributed by atoms with E-state index in [9.17, 15) is 9.59 Å². The fourth-order valence-corrected chi connectivity index (χ4v) is 3.70. The molecule has 24 heavy (non-hydrogen) atoms. The number of thioether (sulfide) groups is 1. The number of anilines is 1. The Labute approximate surface area is 145 Å². The van der Waals surface area contributed by atoms with Gasteiger partial charge < -0.3 is 10.2 Å². The van der Waals surface area contributed by atoms with Crippen molar-refractivity contribution in [1.29, 1.82) is 0 Å². The number of amides is 2. The fraction of sp³-hybridized carbons (Fsp3) is 0.263. The van der Waals surface area contributed by atoms with Crippen LogP contribution in [0, 0.1) is 0 Å². The summed E-state index contributed by atoms with van der Waals surface area (Å²) in [5.41, 5.74) is 2.52. The molecule has 2 aromatic rings. The van der Waals surface area contributed by atoms with Crippen molar-refractivity contribution in [1.82, 2.24) is 4.90 Å². The first kappa shape index (κ1) is 15.3. The van der Waals surface area contributed by atoms with Crippen LogP contribution in [0.1, 0.15) is 28.8 Å². The molecular formula is C19H18N2O2S. The highest BCUT2D eigenvalue weighted by molar-refractivity contribution is 8.00. The third-order valence-corrected chi connectivity index (χ3v) is 5.38. The summed E-state index contributed by atoms with van der Waals surface area (Å²) in [6, 6.07) is 16.0. The largest absolute Gasteiger partial charge is 0.331 e. The molecule has 0 atom stereocenters. The molecule has 0 aromatic heterocycles. The van der Waals surface area contributed by atoms with Gasteiger partial charge in [0.2, 0.25) is 5.91 Å². The molecule has 1 heterocycles. The van der Waals surface area contributed by atoms with Crippen LogP contribution in [0.25, 0.3) is 0 Å². The van der Waals surface area contributed by atoms with E-state index in [-0.39, 0.29) is 11.8 Å². The van der Waals surface area contributed by atoms with E-state index in [4.69, 9.17) is 0 Å². The summed E-state index contributed by atoms with van der Waals surface area (Å²) in [5, 5.41) is 2.86. The van der Waals surface area contributed by atoms with E-state index in [1.807, 2.05) is 53.4 Å². The molecule has 4 nitrogen and oxygen atoms in total. The predicted molar refractivity (Wildman–Crippen MR) is 95.1 cm³/mol. The lowest BCUT2D eigenvalue weighted by atomic mass is 10.1. The molecular weight excluding hydrogens is 320 g/mol. The first-order chi connectivity index (χ1) is 11.7. The molecule has 2 aliphatic rings. The second-order valence-electron chi connectivity index (χ2n) is 6.20. The molecule has 0 saturated heterocycles. The predicted octanol–water partition coefficient (Wildman–Crippen LogP) is 3.54. The van der Waals surface area contributed by atoms with E-state index in [0.717, 1.165) is 29.0 Å². The van der Waals surface area contributed by atoms with Crippen LogP contribution in [0.15, 0.2) is 53.4 Å². The molecule has 0 radical (unpaired) electrons. The lowest BCUT2D eigenvalue weighted by molar-refractivity contribution is -0.113. The van der Waals surface area contributed by atoms with Gasteiger partial charge in [-0.25, -0.2) is 0 Å². The maximum atomic E-state index is 13.0. The average Bonchev–Trinajstić information content (AvgIpc) is 3.44. The number of hydrogen-bond donors (Lipinski definition) is 1. The van der Waals surface area contributed by atoms with Gasteiger partial charge in [-0.2, -0.15) is 0 Å². The van der Waals surface area contributed by atoms with Crippen LogP contribution >= 0.6 is 11.8 Å². The molecule has 1 saturated carbocycles. The van der Waals surface area contributed by atoms with Crippen LogP contribution in [0.2, 0.25) is 0 Å². The van der Waals surface area contributed by atoms with Gasteiger partial charge in [-0.05, 0) is 36.6 Å². The van der Waals surface area contributed by atoms with Gasteiger partial charge in [0.25, 0.3) is 5.91 Å². The molecule has 5 heteroatoms. The van der Waals surface area contributed by atoms with Crippen LogP contribution in [0.3, 0.4) is 0 Å². The Balaban J connectivity index is 1.59. The van der Waals surface area contributed by atoms with Crippen molar-refractivity contribution in [2.75, 3.05) is 11.1 Å². The van der Waals surface area contributed by atoms with Gasteiger partial charge in [-0.15, -0.1) is 11.8 Å². The van der Waals surface area contributed by atoms with Gasteiger partial charge >= 0.3 is 0 Å². The highest BCUT2D eigenvalue weighted by atomic mass is 32.2. The Hall–Kier alpha value is -2.27. The van der Waals surface area contributed by atoms with Gasteiger partial charge in [0.15, 0.2) is 0 Å². The van der Waals surface area contributed by atoms with E-state index in [0.29, 0.717) is 23.9 Å². The van der Waals surface area contributed by atoms with Crippen LogP contribution < -0.4 is 5.32 Å². The van der Waals surface area contributed by atoms with E-state index >= 15 is 0 Å². The second kappa shape index (κ2) is 6.32. The Kier molecular flexibility index (Phi) is 4.02. The van der Waals surface area contributed by atoms with Crippen LogP contribution in [-0.2, 0) is 11.3 Å². The maximum absolute atomic E-state index is 13.0. The van der Waals surface area contributed by atoms with Crippen molar-refractivity contribution in [2.24, 2.45) is 0 Å². The third kappa shape index (κ3) is 3.17. The minimum Gasteiger partial charge on any atom is -0.331 e. The smallest absolute Gasteiger partial charge is 0.254 e. The topological polar surface area (TPSA) is 49.4 Å². The van der Waals surface area contributed by atoms with Gasteiger partial charge in [-0.3, -0.25) is 9.59 Å². The molecule has 122 valence electrons. The highest BCUT2D eigenvalue weighted by Crippen LogP contribution is 2.34. The molecule has 0 unspecified atom stereocenters. The average molecular weight is 338 g/mol. The molecule has 4 rings (SSSR count). The minimum atomic E-state index is -0.0135. The zero-order chi connectivity index (χ0) is 16.5. The Morgan fingerprint density at radius 2 is 1.96 bits per heavy atom.